The summed E-state index contributed by atoms with van der Waals surface area (Å²) in [4.78, 5) is 0. The molecule has 0 atom stereocenters. The maximum absolute atomic E-state index is 5.41. The van der Waals surface area contributed by atoms with Gasteiger partial charge in [0, 0.05) is 11.6 Å². The molecule has 0 fully saturated rings. The van der Waals surface area contributed by atoms with Crippen molar-refractivity contribution in [2.45, 2.75) is 0 Å². The molecular weight excluding hydrogens is 280 g/mol. The van der Waals surface area contributed by atoms with Crippen LogP contribution in [0.4, 0.5) is 0 Å². The zero-order valence-electron chi connectivity index (χ0n) is 13.3. The monoisotopic (exact) mass is 300 g/mol. The number of benzene rings is 2. The van der Waals surface area contributed by atoms with Crippen molar-refractivity contribution in [2.24, 2.45) is 0 Å². The Balaban J connectivity index is 2.36. The van der Waals surface area contributed by atoms with Gasteiger partial charge in [0.25, 0.3) is 0 Å². The van der Waals surface area contributed by atoms with Crippen LogP contribution in [0.5, 0.6) is 23.0 Å². The molecule has 0 aliphatic rings. The van der Waals surface area contributed by atoms with Crippen molar-refractivity contribution in [1.82, 2.24) is 0 Å². The van der Waals surface area contributed by atoms with E-state index in [0.29, 0.717) is 11.5 Å². The maximum Gasteiger partial charge on any atom is 0.164 e. The summed E-state index contributed by atoms with van der Waals surface area (Å²) in [6, 6.07) is 11.5. The highest BCUT2D eigenvalue weighted by Gasteiger charge is 2.09. The summed E-state index contributed by atoms with van der Waals surface area (Å²) in [7, 11) is 6.49. The number of ether oxygens (including phenoxy) is 4. The molecule has 4 heteroatoms. The van der Waals surface area contributed by atoms with E-state index in [-0.39, 0.29) is 0 Å². The van der Waals surface area contributed by atoms with Gasteiger partial charge in [0.15, 0.2) is 11.5 Å². The number of rotatable bonds is 6. The van der Waals surface area contributed by atoms with E-state index in [1.807, 2.05) is 48.6 Å². The molecule has 4 nitrogen and oxygen atoms in total. The van der Waals surface area contributed by atoms with E-state index >= 15 is 0 Å². The van der Waals surface area contributed by atoms with E-state index in [1.165, 1.54) is 0 Å². The van der Waals surface area contributed by atoms with Crippen molar-refractivity contribution < 1.29 is 18.9 Å². The van der Waals surface area contributed by atoms with Crippen LogP contribution in [0.3, 0.4) is 0 Å². The van der Waals surface area contributed by atoms with Crippen molar-refractivity contribution in [3.63, 3.8) is 0 Å². The standard InChI is InChI=1S/C18H20O4/c1-19-15-7-5-6-13(10-15)8-9-14-11-17(21-3)18(22-4)12-16(14)20-2/h5-12H,1-4H3. The smallest absolute Gasteiger partial charge is 0.164 e. The third-order valence-electron chi connectivity index (χ3n) is 3.29. The summed E-state index contributed by atoms with van der Waals surface area (Å²) in [5.74, 6) is 2.84. The molecule has 0 saturated carbocycles. The lowest BCUT2D eigenvalue weighted by Gasteiger charge is -2.12. The quantitative estimate of drug-likeness (QED) is 0.758. The van der Waals surface area contributed by atoms with Crippen LogP contribution >= 0.6 is 0 Å². The average molecular weight is 300 g/mol. The van der Waals surface area contributed by atoms with Crippen LogP contribution in [0, 0.1) is 0 Å². The Morgan fingerprint density at radius 1 is 0.682 bits per heavy atom. The second kappa shape index (κ2) is 7.41. The van der Waals surface area contributed by atoms with Gasteiger partial charge in [-0.3, -0.25) is 0 Å². The zero-order valence-corrected chi connectivity index (χ0v) is 13.3. The predicted octanol–water partition coefficient (Wildman–Crippen LogP) is 3.89. The molecule has 0 heterocycles. The van der Waals surface area contributed by atoms with Crippen molar-refractivity contribution in [1.29, 1.82) is 0 Å². The Morgan fingerprint density at radius 2 is 1.36 bits per heavy atom. The Morgan fingerprint density at radius 3 is 2.00 bits per heavy atom. The predicted molar refractivity (Wildman–Crippen MR) is 88.0 cm³/mol. The Labute approximate surface area is 130 Å². The minimum absolute atomic E-state index is 0.637. The van der Waals surface area contributed by atoms with Gasteiger partial charge in [-0.1, -0.05) is 24.3 Å². The average Bonchev–Trinajstić information content (AvgIpc) is 2.59. The fourth-order valence-electron chi connectivity index (χ4n) is 2.11. The van der Waals surface area contributed by atoms with Gasteiger partial charge in [-0.25, -0.2) is 0 Å². The molecule has 2 aromatic carbocycles. The molecule has 22 heavy (non-hydrogen) atoms. The van der Waals surface area contributed by atoms with Crippen molar-refractivity contribution in [3.8, 4) is 23.0 Å². The van der Waals surface area contributed by atoms with Gasteiger partial charge in [0.2, 0.25) is 0 Å². The highest BCUT2D eigenvalue weighted by Crippen LogP contribution is 2.35. The summed E-state index contributed by atoms with van der Waals surface area (Å²) in [6.07, 6.45) is 3.96. The summed E-state index contributed by atoms with van der Waals surface area (Å²) >= 11 is 0. The molecular formula is C18H20O4. The molecule has 0 N–H and O–H groups in total. The van der Waals surface area contributed by atoms with Crippen LogP contribution in [0.1, 0.15) is 11.1 Å². The normalized spacial score (nSPS) is 10.5. The van der Waals surface area contributed by atoms with E-state index < -0.39 is 0 Å². The first-order valence-electron chi connectivity index (χ1n) is 6.84. The molecule has 0 spiro atoms. The molecule has 0 unspecified atom stereocenters. The van der Waals surface area contributed by atoms with Crippen LogP contribution < -0.4 is 18.9 Å². The van der Waals surface area contributed by atoms with E-state index in [9.17, 15) is 0 Å². The van der Waals surface area contributed by atoms with Gasteiger partial charge in [-0.05, 0) is 23.8 Å². The first-order chi connectivity index (χ1) is 10.7. The largest absolute Gasteiger partial charge is 0.497 e. The van der Waals surface area contributed by atoms with Gasteiger partial charge >= 0.3 is 0 Å². The first-order valence-corrected chi connectivity index (χ1v) is 6.84. The fraction of sp³-hybridized carbons (Fsp3) is 0.222. The number of hydrogen-bond donors (Lipinski definition) is 0. The van der Waals surface area contributed by atoms with Crippen LogP contribution in [-0.2, 0) is 0 Å². The molecule has 0 aliphatic carbocycles. The van der Waals surface area contributed by atoms with Crippen molar-refractivity contribution >= 4 is 12.2 Å². The van der Waals surface area contributed by atoms with Gasteiger partial charge in [0.1, 0.15) is 11.5 Å². The van der Waals surface area contributed by atoms with E-state index in [1.54, 1.807) is 28.4 Å². The molecule has 116 valence electrons. The van der Waals surface area contributed by atoms with Crippen LogP contribution in [0.2, 0.25) is 0 Å². The van der Waals surface area contributed by atoms with Crippen LogP contribution in [0.15, 0.2) is 36.4 Å². The molecule has 2 rings (SSSR count). The highest BCUT2D eigenvalue weighted by molar-refractivity contribution is 5.75. The number of hydrogen-bond acceptors (Lipinski definition) is 4. The lowest BCUT2D eigenvalue weighted by molar-refractivity contribution is 0.348. The SMILES string of the molecule is COc1cccc(C=Cc2cc(OC)c(OC)cc2OC)c1. The minimum Gasteiger partial charge on any atom is -0.497 e. The summed E-state index contributed by atoms with van der Waals surface area (Å²) in [6.45, 7) is 0. The van der Waals surface area contributed by atoms with E-state index in [0.717, 1.165) is 22.6 Å². The van der Waals surface area contributed by atoms with Crippen LogP contribution in [-0.4, -0.2) is 28.4 Å². The van der Waals surface area contributed by atoms with Gasteiger partial charge in [-0.2, -0.15) is 0 Å². The van der Waals surface area contributed by atoms with E-state index in [2.05, 4.69) is 0 Å². The second-order valence-corrected chi connectivity index (χ2v) is 4.56. The lowest BCUT2D eigenvalue weighted by Crippen LogP contribution is -1.94. The zero-order chi connectivity index (χ0) is 15.9. The second-order valence-electron chi connectivity index (χ2n) is 4.56. The highest BCUT2D eigenvalue weighted by atomic mass is 16.5. The van der Waals surface area contributed by atoms with Crippen molar-refractivity contribution in [2.75, 3.05) is 28.4 Å². The molecule has 0 bridgehead atoms. The third-order valence-corrected chi connectivity index (χ3v) is 3.29. The van der Waals surface area contributed by atoms with Gasteiger partial charge < -0.3 is 18.9 Å². The molecule has 0 aromatic heterocycles. The fourth-order valence-corrected chi connectivity index (χ4v) is 2.11. The summed E-state index contributed by atoms with van der Waals surface area (Å²) < 4.78 is 21.2. The summed E-state index contributed by atoms with van der Waals surface area (Å²) in [5.41, 5.74) is 1.94. The molecule has 0 saturated heterocycles. The van der Waals surface area contributed by atoms with E-state index in [4.69, 9.17) is 18.9 Å². The van der Waals surface area contributed by atoms with Crippen molar-refractivity contribution in [3.05, 3.63) is 47.5 Å². The molecule has 0 radical (unpaired) electrons. The van der Waals surface area contributed by atoms with Gasteiger partial charge in [-0.15, -0.1) is 0 Å². The van der Waals surface area contributed by atoms with Gasteiger partial charge in [0.05, 0.1) is 28.4 Å². The third kappa shape index (κ3) is 3.52. The maximum atomic E-state index is 5.41. The number of methoxy groups -OCH3 is 4. The molecule has 0 aliphatic heterocycles. The first kappa shape index (κ1) is 15.8. The molecule has 2 aromatic rings. The Hall–Kier alpha value is -2.62. The topological polar surface area (TPSA) is 36.9 Å². The Kier molecular flexibility index (Phi) is 5.31. The lowest BCUT2D eigenvalue weighted by atomic mass is 10.1. The Bertz CT molecular complexity index is 662. The summed E-state index contributed by atoms with van der Waals surface area (Å²) in [5, 5.41) is 0. The molecule has 0 amide bonds. The van der Waals surface area contributed by atoms with Crippen LogP contribution in [0.25, 0.3) is 12.2 Å². The minimum atomic E-state index is 0.637.